The molecule has 102 valence electrons. The Kier molecular flexibility index (Phi) is 5.25. The van der Waals surface area contributed by atoms with Crippen LogP contribution < -0.4 is 5.48 Å². The molecule has 1 saturated carbocycles. The van der Waals surface area contributed by atoms with Crippen LogP contribution >= 0.6 is 23.2 Å². The van der Waals surface area contributed by atoms with Gasteiger partial charge >= 0.3 is 0 Å². The molecule has 0 radical (unpaired) electrons. The summed E-state index contributed by atoms with van der Waals surface area (Å²) >= 11 is 11.8. The lowest BCUT2D eigenvalue weighted by Gasteiger charge is -2.09. The standard InChI is InChI=1S/C14H15Cl2NO2/c15-11-6-7-13(16)10(9-11)5-8-14(18)17-19-12-3-1-2-4-12/h5-9,12H,1-4H2,(H,17,18)/b8-5+. The van der Waals surface area contributed by atoms with Crippen LogP contribution in [0.1, 0.15) is 31.2 Å². The number of halogens is 2. The van der Waals surface area contributed by atoms with Gasteiger partial charge in [0, 0.05) is 16.1 Å². The Balaban J connectivity index is 1.86. The van der Waals surface area contributed by atoms with Crippen molar-refractivity contribution in [2.75, 3.05) is 0 Å². The summed E-state index contributed by atoms with van der Waals surface area (Å²) in [6.07, 6.45) is 7.47. The summed E-state index contributed by atoms with van der Waals surface area (Å²) in [6.45, 7) is 0. The van der Waals surface area contributed by atoms with E-state index in [1.54, 1.807) is 24.3 Å². The normalized spacial score (nSPS) is 16.1. The molecule has 0 unspecified atom stereocenters. The number of hydrogen-bond acceptors (Lipinski definition) is 2. The highest BCUT2D eigenvalue weighted by Crippen LogP contribution is 2.22. The van der Waals surface area contributed by atoms with Crippen molar-refractivity contribution < 1.29 is 9.63 Å². The Hall–Kier alpha value is -1.03. The van der Waals surface area contributed by atoms with Gasteiger partial charge in [0.1, 0.15) is 0 Å². The highest BCUT2D eigenvalue weighted by molar-refractivity contribution is 6.34. The van der Waals surface area contributed by atoms with Gasteiger partial charge in [-0.3, -0.25) is 9.63 Å². The molecule has 0 heterocycles. The summed E-state index contributed by atoms with van der Waals surface area (Å²) in [4.78, 5) is 16.9. The van der Waals surface area contributed by atoms with E-state index < -0.39 is 0 Å². The minimum atomic E-state index is -0.303. The van der Waals surface area contributed by atoms with Gasteiger partial charge in [0.15, 0.2) is 0 Å². The summed E-state index contributed by atoms with van der Waals surface area (Å²) < 4.78 is 0. The summed E-state index contributed by atoms with van der Waals surface area (Å²) in [5, 5.41) is 1.12. The summed E-state index contributed by atoms with van der Waals surface area (Å²) in [6, 6.07) is 5.09. The zero-order valence-corrected chi connectivity index (χ0v) is 11.9. The van der Waals surface area contributed by atoms with Crippen molar-refractivity contribution in [2.45, 2.75) is 31.8 Å². The van der Waals surface area contributed by atoms with Crippen molar-refractivity contribution in [1.29, 1.82) is 0 Å². The number of amides is 1. The summed E-state index contributed by atoms with van der Waals surface area (Å²) in [7, 11) is 0. The van der Waals surface area contributed by atoms with E-state index >= 15 is 0 Å². The van der Waals surface area contributed by atoms with Crippen molar-refractivity contribution in [1.82, 2.24) is 5.48 Å². The molecule has 1 N–H and O–H groups in total. The van der Waals surface area contributed by atoms with E-state index in [0.717, 1.165) is 25.7 Å². The van der Waals surface area contributed by atoms with Crippen LogP contribution in [0.15, 0.2) is 24.3 Å². The van der Waals surface area contributed by atoms with E-state index in [0.29, 0.717) is 15.6 Å². The highest BCUT2D eigenvalue weighted by Gasteiger charge is 2.16. The first-order valence-corrected chi connectivity index (χ1v) is 6.99. The Morgan fingerprint density at radius 2 is 2.05 bits per heavy atom. The number of hydroxylamine groups is 1. The van der Waals surface area contributed by atoms with Crippen molar-refractivity contribution in [2.24, 2.45) is 0 Å². The maximum absolute atomic E-state index is 11.6. The Morgan fingerprint density at radius 1 is 1.32 bits per heavy atom. The Morgan fingerprint density at radius 3 is 2.79 bits per heavy atom. The molecule has 1 aromatic carbocycles. The number of benzene rings is 1. The monoisotopic (exact) mass is 299 g/mol. The van der Waals surface area contributed by atoms with E-state index in [9.17, 15) is 4.79 Å². The molecular formula is C14H15Cl2NO2. The summed E-state index contributed by atoms with van der Waals surface area (Å²) in [5.74, 6) is -0.303. The summed E-state index contributed by atoms with van der Waals surface area (Å²) in [5.41, 5.74) is 3.13. The molecule has 1 aliphatic carbocycles. The predicted octanol–water partition coefficient (Wildman–Crippen LogP) is 4.00. The second kappa shape index (κ2) is 6.94. The molecule has 5 heteroatoms. The van der Waals surface area contributed by atoms with Gasteiger partial charge in [-0.1, -0.05) is 36.0 Å². The molecule has 0 aromatic heterocycles. The highest BCUT2D eigenvalue weighted by atomic mass is 35.5. The van der Waals surface area contributed by atoms with Crippen LogP contribution in [-0.4, -0.2) is 12.0 Å². The zero-order valence-electron chi connectivity index (χ0n) is 10.4. The molecule has 1 aromatic rings. The van der Waals surface area contributed by atoms with Crippen LogP contribution in [0.3, 0.4) is 0 Å². The molecule has 2 rings (SSSR count). The van der Waals surface area contributed by atoms with Crippen molar-refractivity contribution in [3.63, 3.8) is 0 Å². The van der Waals surface area contributed by atoms with Gasteiger partial charge in [0.2, 0.25) is 0 Å². The third-order valence-corrected chi connectivity index (χ3v) is 3.58. The topological polar surface area (TPSA) is 38.3 Å². The van der Waals surface area contributed by atoms with Gasteiger partial charge in [-0.15, -0.1) is 0 Å². The fourth-order valence-corrected chi connectivity index (χ4v) is 2.35. The van der Waals surface area contributed by atoms with Gasteiger partial charge in [-0.2, -0.15) is 0 Å². The van der Waals surface area contributed by atoms with Crippen molar-refractivity contribution >= 4 is 35.2 Å². The molecule has 19 heavy (non-hydrogen) atoms. The molecule has 3 nitrogen and oxygen atoms in total. The zero-order chi connectivity index (χ0) is 13.7. The van der Waals surface area contributed by atoms with Crippen LogP contribution in [0.25, 0.3) is 6.08 Å². The van der Waals surface area contributed by atoms with E-state index in [1.165, 1.54) is 6.08 Å². The first-order chi connectivity index (χ1) is 9.15. The molecule has 0 aliphatic heterocycles. The minimum absolute atomic E-state index is 0.145. The molecule has 0 saturated heterocycles. The maximum atomic E-state index is 11.6. The average Bonchev–Trinajstić information content (AvgIpc) is 2.90. The number of carbonyl (C=O) groups is 1. The Labute approximate surface area is 122 Å². The quantitative estimate of drug-likeness (QED) is 0.674. The smallest absolute Gasteiger partial charge is 0.267 e. The third-order valence-electron chi connectivity index (χ3n) is 3.00. The molecule has 1 amide bonds. The lowest BCUT2D eigenvalue weighted by molar-refractivity contribution is -0.132. The fourth-order valence-electron chi connectivity index (χ4n) is 1.99. The van der Waals surface area contributed by atoms with E-state index in [-0.39, 0.29) is 12.0 Å². The van der Waals surface area contributed by atoms with Gasteiger partial charge in [0.05, 0.1) is 6.10 Å². The van der Waals surface area contributed by atoms with E-state index in [1.807, 2.05) is 0 Å². The lowest BCUT2D eigenvalue weighted by Crippen LogP contribution is -2.26. The van der Waals surface area contributed by atoms with E-state index in [2.05, 4.69) is 5.48 Å². The molecule has 0 bridgehead atoms. The van der Waals surface area contributed by atoms with Crippen LogP contribution in [0.5, 0.6) is 0 Å². The van der Waals surface area contributed by atoms with E-state index in [4.69, 9.17) is 28.0 Å². The Bertz CT molecular complexity index is 482. The molecule has 0 spiro atoms. The van der Waals surface area contributed by atoms with Crippen LogP contribution in [0.4, 0.5) is 0 Å². The van der Waals surface area contributed by atoms with Gasteiger partial charge < -0.3 is 0 Å². The van der Waals surface area contributed by atoms with Gasteiger partial charge in [-0.25, -0.2) is 5.48 Å². The average molecular weight is 300 g/mol. The van der Waals surface area contributed by atoms with Gasteiger partial charge in [-0.05, 0) is 42.7 Å². The van der Waals surface area contributed by atoms with Crippen LogP contribution in [0, 0.1) is 0 Å². The van der Waals surface area contributed by atoms with Crippen LogP contribution in [0.2, 0.25) is 10.0 Å². The fraction of sp³-hybridized carbons (Fsp3) is 0.357. The van der Waals surface area contributed by atoms with Crippen molar-refractivity contribution in [3.8, 4) is 0 Å². The number of rotatable bonds is 4. The number of hydrogen-bond donors (Lipinski definition) is 1. The largest absolute Gasteiger partial charge is 0.270 e. The third kappa shape index (κ3) is 4.53. The minimum Gasteiger partial charge on any atom is -0.270 e. The molecule has 1 aliphatic rings. The predicted molar refractivity (Wildman–Crippen MR) is 77.0 cm³/mol. The maximum Gasteiger partial charge on any atom is 0.267 e. The van der Waals surface area contributed by atoms with Crippen LogP contribution in [-0.2, 0) is 9.63 Å². The second-order valence-corrected chi connectivity index (χ2v) is 5.33. The number of carbonyl (C=O) groups excluding carboxylic acids is 1. The lowest BCUT2D eigenvalue weighted by atomic mass is 10.2. The SMILES string of the molecule is O=C(/C=C/c1cc(Cl)ccc1Cl)NOC1CCCC1. The first kappa shape index (κ1) is 14.4. The molecule has 0 atom stereocenters. The first-order valence-electron chi connectivity index (χ1n) is 6.24. The molecular weight excluding hydrogens is 285 g/mol. The molecule has 1 fully saturated rings. The second-order valence-electron chi connectivity index (χ2n) is 4.49. The van der Waals surface area contributed by atoms with Gasteiger partial charge in [0.25, 0.3) is 5.91 Å². The number of nitrogens with one attached hydrogen (secondary N) is 1. The van der Waals surface area contributed by atoms with Crippen molar-refractivity contribution in [3.05, 3.63) is 39.9 Å².